The molecule has 1 unspecified atom stereocenters. The van der Waals surface area contributed by atoms with Gasteiger partial charge in [0.1, 0.15) is 0 Å². The minimum Gasteiger partial charge on any atom is -0.425 e. The molecule has 1 aromatic carbocycles. The van der Waals surface area contributed by atoms with Crippen molar-refractivity contribution in [2.75, 3.05) is 0 Å². The van der Waals surface area contributed by atoms with E-state index in [-0.39, 0.29) is 0 Å². The fraction of sp³-hybridized carbons (Fsp3) is 0.429. The maximum Gasteiger partial charge on any atom is 0.341 e. The lowest BCUT2D eigenvalue weighted by molar-refractivity contribution is -0.174. The van der Waals surface area contributed by atoms with Crippen LogP contribution in [0, 0.1) is 11.5 Å². The van der Waals surface area contributed by atoms with Crippen LogP contribution in [0.4, 0.5) is 0 Å². The normalized spacial score (nSPS) is 12.7. The number of carbonyl (C=O) groups is 2. The van der Waals surface area contributed by atoms with E-state index in [0.29, 0.717) is 5.56 Å². The lowest BCUT2D eigenvalue weighted by atomic mass is 9.97. The molecule has 0 aliphatic carbocycles. The zero-order chi connectivity index (χ0) is 13.8. The quantitative estimate of drug-likeness (QED) is 0.610. The van der Waals surface area contributed by atoms with Crippen molar-refractivity contribution in [1.82, 2.24) is 0 Å². The minimum absolute atomic E-state index is 0.396. The number of ether oxygens (including phenoxy) is 2. The Labute approximate surface area is 107 Å². The molecular formula is C14H17O4. The average molecular weight is 249 g/mol. The van der Waals surface area contributed by atoms with Gasteiger partial charge in [-0.2, -0.15) is 0 Å². The van der Waals surface area contributed by atoms with Gasteiger partial charge in [0.15, 0.2) is 0 Å². The van der Waals surface area contributed by atoms with Crippen LogP contribution in [0.15, 0.2) is 24.3 Å². The molecule has 4 heteroatoms. The molecule has 0 aliphatic rings. The molecule has 0 bridgehead atoms. The lowest BCUT2D eigenvalue weighted by Gasteiger charge is -2.20. The Hall–Kier alpha value is -1.84. The smallest absolute Gasteiger partial charge is 0.341 e. The molecule has 0 fully saturated rings. The average Bonchev–Trinajstić information content (AvgIpc) is 2.28. The highest BCUT2D eigenvalue weighted by Crippen LogP contribution is 2.17. The van der Waals surface area contributed by atoms with Crippen molar-refractivity contribution in [2.24, 2.45) is 5.41 Å². The summed E-state index contributed by atoms with van der Waals surface area (Å²) in [6.07, 6.45) is -0.909. The Morgan fingerprint density at radius 3 is 2.22 bits per heavy atom. The van der Waals surface area contributed by atoms with Crippen molar-refractivity contribution >= 4 is 11.9 Å². The molecule has 1 atom stereocenters. The van der Waals surface area contributed by atoms with E-state index in [0.717, 1.165) is 0 Å². The molecule has 4 nitrogen and oxygen atoms in total. The van der Waals surface area contributed by atoms with E-state index < -0.39 is 23.6 Å². The molecule has 0 amide bonds. The Morgan fingerprint density at radius 1 is 1.17 bits per heavy atom. The third-order valence-corrected chi connectivity index (χ3v) is 2.11. The van der Waals surface area contributed by atoms with Crippen LogP contribution in [0.25, 0.3) is 0 Å². The number of carbonyl (C=O) groups excluding carboxylic acids is 2. The van der Waals surface area contributed by atoms with Crippen molar-refractivity contribution in [3.05, 3.63) is 35.9 Å². The summed E-state index contributed by atoms with van der Waals surface area (Å²) < 4.78 is 10.0. The summed E-state index contributed by atoms with van der Waals surface area (Å²) in [7, 11) is 0. The first-order valence-corrected chi connectivity index (χ1v) is 5.69. The molecular weight excluding hydrogens is 232 g/mol. The third kappa shape index (κ3) is 4.20. The Morgan fingerprint density at radius 2 is 1.72 bits per heavy atom. The minimum atomic E-state index is -0.909. The molecule has 0 aromatic heterocycles. The zero-order valence-electron chi connectivity index (χ0n) is 11.0. The highest BCUT2D eigenvalue weighted by Gasteiger charge is 2.26. The van der Waals surface area contributed by atoms with Gasteiger partial charge in [0.2, 0.25) is 6.29 Å². The van der Waals surface area contributed by atoms with E-state index in [1.165, 1.54) is 6.92 Å². The van der Waals surface area contributed by atoms with Crippen molar-refractivity contribution < 1.29 is 19.1 Å². The standard InChI is InChI=1S/C14H17O4/c1-10(18-13(16)14(2,3)4)17-12(15)11-8-6-5-7-9-11/h6-10H,1-4H3. The van der Waals surface area contributed by atoms with Crippen LogP contribution in [-0.2, 0) is 14.3 Å². The van der Waals surface area contributed by atoms with Gasteiger partial charge in [-0.3, -0.25) is 4.79 Å². The molecule has 1 rings (SSSR count). The molecule has 0 saturated heterocycles. The number of esters is 2. The van der Waals surface area contributed by atoms with Gasteiger partial charge in [-0.1, -0.05) is 12.1 Å². The molecule has 0 heterocycles. The fourth-order valence-electron chi connectivity index (χ4n) is 1.09. The Bertz CT molecular complexity index is 417. The predicted octanol–water partition coefficient (Wildman–Crippen LogP) is 2.58. The second-order valence-electron chi connectivity index (χ2n) is 4.92. The van der Waals surface area contributed by atoms with Gasteiger partial charge in [0, 0.05) is 6.92 Å². The summed E-state index contributed by atoms with van der Waals surface area (Å²) in [6, 6.07) is 9.19. The number of rotatable bonds is 3. The number of benzene rings is 1. The molecule has 1 radical (unpaired) electrons. The topological polar surface area (TPSA) is 52.6 Å². The second kappa shape index (κ2) is 5.67. The van der Waals surface area contributed by atoms with Crippen LogP contribution < -0.4 is 0 Å². The molecule has 0 saturated carbocycles. The zero-order valence-corrected chi connectivity index (χ0v) is 11.0. The van der Waals surface area contributed by atoms with Crippen LogP contribution in [0.5, 0.6) is 0 Å². The molecule has 0 spiro atoms. The number of hydrogen-bond acceptors (Lipinski definition) is 4. The Kier molecular flexibility index (Phi) is 4.48. The van der Waals surface area contributed by atoms with Crippen LogP contribution in [0.3, 0.4) is 0 Å². The summed E-state index contributed by atoms with van der Waals surface area (Å²) in [5, 5.41) is 0. The summed E-state index contributed by atoms with van der Waals surface area (Å²) in [4.78, 5) is 23.2. The highest BCUT2D eigenvalue weighted by molar-refractivity contribution is 5.89. The molecule has 18 heavy (non-hydrogen) atoms. The maximum absolute atomic E-state index is 11.7. The fourth-order valence-corrected chi connectivity index (χ4v) is 1.09. The maximum atomic E-state index is 11.7. The Balaban J connectivity index is 2.54. The van der Waals surface area contributed by atoms with Gasteiger partial charge in [-0.15, -0.1) is 0 Å². The van der Waals surface area contributed by atoms with Gasteiger partial charge in [0.25, 0.3) is 0 Å². The predicted molar refractivity (Wildman–Crippen MR) is 65.7 cm³/mol. The van der Waals surface area contributed by atoms with E-state index in [2.05, 4.69) is 6.07 Å². The van der Waals surface area contributed by atoms with Crippen LogP contribution >= 0.6 is 0 Å². The van der Waals surface area contributed by atoms with Gasteiger partial charge in [0.05, 0.1) is 11.0 Å². The first-order chi connectivity index (χ1) is 8.30. The highest BCUT2D eigenvalue weighted by atomic mass is 16.7. The first-order valence-electron chi connectivity index (χ1n) is 5.69. The van der Waals surface area contributed by atoms with E-state index in [4.69, 9.17) is 9.47 Å². The van der Waals surface area contributed by atoms with E-state index in [1.54, 1.807) is 45.0 Å². The van der Waals surface area contributed by atoms with Gasteiger partial charge in [-0.25, -0.2) is 4.79 Å². The first kappa shape index (κ1) is 14.2. The SMILES string of the molecule is CC(OC(=O)c1cc[c]cc1)OC(=O)C(C)(C)C. The number of hydrogen-bond donors (Lipinski definition) is 0. The molecule has 0 N–H and O–H groups in total. The molecule has 97 valence electrons. The molecule has 0 aliphatic heterocycles. The second-order valence-corrected chi connectivity index (χ2v) is 4.92. The lowest BCUT2D eigenvalue weighted by Crippen LogP contribution is -2.29. The van der Waals surface area contributed by atoms with Crippen LogP contribution in [-0.4, -0.2) is 18.2 Å². The van der Waals surface area contributed by atoms with E-state index >= 15 is 0 Å². The van der Waals surface area contributed by atoms with Crippen LogP contribution in [0.2, 0.25) is 0 Å². The largest absolute Gasteiger partial charge is 0.425 e. The van der Waals surface area contributed by atoms with E-state index in [9.17, 15) is 9.59 Å². The van der Waals surface area contributed by atoms with Crippen molar-refractivity contribution in [3.63, 3.8) is 0 Å². The van der Waals surface area contributed by atoms with Crippen molar-refractivity contribution in [3.8, 4) is 0 Å². The summed E-state index contributed by atoms with van der Waals surface area (Å²) >= 11 is 0. The van der Waals surface area contributed by atoms with Crippen LogP contribution in [0.1, 0.15) is 38.1 Å². The van der Waals surface area contributed by atoms with Gasteiger partial charge >= 0.3 is 11.9 Å². The van der Waals surface area contributed by atoms with Gasteiger partial charge < -0.3 is 9.47 Å². The monoisotopic (exact) mass is 249 g/mol. The molecule has 1 aromatic rings. The van der Waals surface area contributed by atoms with E-state index in [1.807, 2.05) is 0 Å². The van der Waals surface area contributed by atoms with Crippen molar-refractivity contribution in [1.29, 1.82) is 0 Å². The third-order valence-electron chi connectivity index (χ3n) is 2.11. The van der Waals surface area contributed by atoms with Gasteiger partial charge in [-0.05, 0) is 39.0 Å². The summed E-state index contributed by atoms with van der Waals surface area (Å²) in [6.45, 7) is 6.71. The summed E-state index contributed by atoms with van der Waals surface area (Å²) in [5.41, 5.74) is -0.227. The summed E-state index contributed by atoms with van der Waals surface area (Å²) in [5.74, 6) is -0.942. The van der Waals surface area contributed by atoms with Crippen molar-refractivity contribution in [2.45, 2.75) is 34.0 Å².